The van der Waals surface area contributed by atoms with Crippen LogP contribution in [0.3, 0.4) is 0 Å². The van der Waals surface area contributed by atoms with E-state index in [0.29, 0.717) is 23.6 Å². The maximum absolute atomic E-state index is 12.8. The molecule has 2 aromatic rings. The van der Waals surface area contributed by atoms with Crippen molar-refractivity contribution in [2.24, 2.45) is 0 Å². The van der Waals surface area contributed by atoms with E-state index < -0.39 is 12.0 Å². The number of esters is 1. The molecule has 0 aliphatic carbocycles. The van der Waals surface area contributed by atoms with E-state index in [2.05, 4.69) is 51.6 Å². The smallest absolute Gasteiger partial charge is 0.338 e. The molecule has 0 aromatic heterocycles. The molecule has 0 radical (unpaired) electrons. The Kier molecular flexibility index (Phi) is 6.84. The van der Waals surface area contributed by atoms with Gasteiger partial charge in [-0.2, -0.15) is 0 Å². The van der Waals surface area contributed by atoms with Crippen LogP contribution in [0.4, 0.5) is 10.5 Å². The van der Waals surface area contributed by atoms with Crippen molar-refractivity contribution in [2.45, 2.75) is 13.0 Å². The molecule has 1 saturated heterocycles. The number of carbonyl (C=O) groups is 2. The number of rotatable bonds is 6. The zero-order chi connectivity index (χ0) is 23.4. The molecule has 2 N–H and O–H groups in total. The van der Waals surface area contributed by atoms with Gasteiger partial charge < -0.3 is 25.0 Å². The lowest BCUT2D eigenvalue weighted by atomic mass is 9.94. The summed E-state index contributed by atoms with van der Waals surface area (Å²) < 4.78 is 10.4. The van der Waals surface area contributed by atoms with E-state index in [1.807, 2.05) is 24.3 Å². The van der Waals surface area contributed by atoms with Gasteiger partial charge in [-0.1, -0.05) is 30.3 Å². The Morgan fingerprint density at radius 1 is 1.06 bits per heavy atom. The number of amides is 2. The maximum atomic E-state index is 12.8. The van der Waals surface area contributed by atoms with Gasteiger partial charge in [0.2, 0.25) is 0 Å². The van der Waals surface area contributed by atoms with E-state index in [-0.39, 0.29) is 6.03 Å². The Balaban J connectivity index is 1.56. The molecule has 2 amide bonds. The topological polar surface area (TPSA) is 83.1 Å². The Morgan fingerprint density at radius 2 is 1.82 bits per heavy atom. The van der Waals surface area contributed by atoms with E-state index in [0.717, 1.165) is 31.7 Å². The average Bonchev–Trinajstić information content (AvgIpc) is 2.84. The number of hydrogen-bond acceptors (Lipinski definition) is 6. The standard InChI is InChI=1S/C25H30N4O4/c1-17-7-4-5-10-21(17)29-13-11-28(12-14-29)16-20-22(24(30)33-3)23(27-25(31)26-20)18-8-6-9-19(15-18)32-2/h4-10,15,23H,11-14,16H2,1-3H3,(H2,26,27,31)/t23-/m0/s1. The lowest BCUT2D eigenvalue weighted by Gasteiger charge is -2.38. The van der Waals surface area contributed by atoms with E-state index in [9.17, 15) is 9.59 Å². The first kappa shape index (κ1) is 22.7. The molecule has 174 valence electrons. The number of nitrogens with zero attached hydrogens (tertiary/aromatic N) is 2. The second-order valence-corrected chi connectivity index (χ2v) is 8.24. The van der Waals surface area contributed by atoms with Crippen LogP contribution in [0.2, 0.25) is 0 Å². The van der Waals surface area contributed by atoms with Crippen molar-refractivity contribution >= 4 is 17.7 Å². The maximum Gasteiger partial charge on any atom is 0.338 e. The molecule has 8 nitrogen and oxygen atoms in total. The Bertz CT molecular complexity index is 1060. The van der Waals surface area contributed by atoms with E-state index in [4.69, 9.17) is 9.47 Å². The largest absolute Gasteiger partial charge is 0.497 e. The van der Waals surface area contributed by atoms with E-state index in [1.54, 1.807) is 7.11 Å². The fourth-order valence-corrected chi connectivity index (χ4v) is 4.45. The Morgan fingerprint density at radius 3 is 2.52 bits per heavy atom. The minimum absolute atomic E-state index is 0.344. The number of anilines is 1. The normalized spacial score (nSPS) is 19.1. The molecule has 0 spiro atoms. The molecule has 0 unspecified atom stereocenters. The molecule has 1 fully saturated rings. The molecule has 2 aromatic carbocycles. The first-order valence-electron chi connectivity index (χ1n) is 11.1. The fraction of sp³-hybridized carbons (Fsp3) is 0.360. The number of methoxy groups -OCH3 is 2. The zero-order valence-corrected chi connectivity index (χ0v) is 19.3. The molecule has 4 rings (SSSR count). The van der Waals surface area contributed by atoms with Crippen LogP contribution in [0.15, 0.2) is 59.8 Å². The van der Waals surface area contributed by atoms with Gasteiger partial charge in [0.25, 0.3) is 0 Å². The monoisotopic (exact) mass is 450 g/mol. The summed E-state index contributed by atoms with van der Waals surface area (Å²) in [5, 5.41) is 5.71. The SMILES string of the molecule is COC(=O)C1=C(CN2CCN(c3ccccc3C)CC2)NC(=O)N[C@H]1c1cccc(OC)c1. The highest BCUT2D eigenvalue weighted by molar-refractivity contribution is 5.95. The second kappa shape index (κ2) is 9.95. The van der Waals surface area contributed by atoms with Gasteiger partial charge in [0.1, 0.15) is 5.75 Å². The van der Waals surface area contributed by atoms with E-state index >= 15 is 0 Å². The minimum Gasteiger partial charge on any atom is -0.497 e. The van der Waals surface area contributed by atoms with Gasteiger partial charge >= 0.3 is 12.0 Å². The van der Waals surface area contributed by atoms with Gasteiger partial charge in [0.15, 0.2) is 0 Å². The number of benzene rings is 2. The summed E-state index contributed by atoms with van der Waals surface area (Å²) in [7, 11) is 2.94. The Labute approximate surface area is 194 Å². The average molecular weight is 451 g/mol. The Hall–Kier alpha value is -3.52. The fourth-order valence-electron chi connectivity index (χ4n) is 4.45. The summed E-state index contributed by atoms with van der Waals surface area (Å²) in [6.07, 6.45) is 0. The molecular formula is C25H30N4O4. The third-order valence-electron chi connectivity index (χ3n) is 6.20. The number of para-hydroxylation sites is 1. The number of nitrogens with one attached hydrogen (secondary N) is 2. The molecule has 2 aliphatic rings. The quantitative estimate of drug-likeness (QED) is 0.659. The van der Waals surface area contributed by atoms with Gasteiger partial charge in [-0.05, 0) is 36.2 Å². The summed E-state index contributed by atoms with van der Waals surface area (Å²) in [5.74, 6) is 0.183. The third kappa shape index (κ3) is 4.96. The molecule has 0 bridgehead atoms. The summed E-state index contributed by atoms with van der Waals surface area (Å²) in [4.78, 5) is 30.0. The van der Waals surface area contributed by atoms with Gasteiger partial charge in [0, 0.05) is 44.1 Å². The van der Waals surface area contributed by atoms with Crippen molar-refractivity contribution in [2.75, 3.05) is 51.8 Å². The van der Waals surface area contributed by atoms with Crippen molar-refractivity contribution in [3.63, 3.8) is 0 Å². The number of carbonyl (C=O) groups excluding carboxylic acids is 2. The van der Waals surface area contributed by atoms with Crippen molar-refractivity contribution in [3.05, 3.63) is 70.9 Å². The number of aryl methyl sites for hydroxylation is 1. The number of piperazine rings is 1. The van der Waals surface area contributed by atoms with E-state index in [1.165, 1.54) is 18.4 Å². The van der Waals surface area contributed by atoms with Gasteiger partial charge in [-0.25, -0.2) is 9.59 Å². The third-order valence-corrected chi connectivity index (χ3v) is 6.20. The second-order valence-electron chi connectivity index (χ2n) is 8.24. The highest BCUT2D eigenvalue weighted by Crippen LogP contribution is 2.30. The van der Waals surface area contributed by atoms with Crippen LogP contribution < -0.4 is 20.3 Å². The first-order chi connectivity index (χ1) is 16.0. The van der Waals surface area contributed by atoms with Gasteiger partial charge in [-0.15, -0.1) is 0 Å². The molecule has 1 atom stereocenters. The summed E-state index contributed by atoms with van der Waals surface area (Å²) in [6, 6.07) is 14.8. The van der Waals surface area contributed by atoms with Crippen LogP contribution in [0.5, 0.6) is 5.75 Å². The number of hydrogen-bond donors (Lipinski definition) is 2. The van der Waals surface area contributed by atoms with Gasteiger partial charge in [-0.3, -0.25) is 4.90 Å². The van der Waals surface area contributed by atoms with Crippen LogP contribution >= 0.6 is 0 Å². The first-order valence-corrected chi connectivity index (χ1v) is 11.1. The highest BCUT2D eigenvalue weighted by atomic mass is 16.5. The minimum atomic E-state index is -0.621. The molecule has 2 aliphatic heterocycles. The van der Waals surface area contributed by atoms with Crippen molar-refractivity contribution in [3.8, 4) is 5.75 Å². The molecule has 8 heteroatoms. The van der Waals surface area contributed by atoms with Crippen molar-refractivity contribution in [1.82, 2.24) is 15.5 Å². The summed E-state index contributed by atoms with van der Waals surface area (Å²) in [6.45, 7) is 5.96. The zero-order valence-electron chi connectivity index (χ0n) is 19.3. The summed E-state index contributed by atoms with van der Waals surface area (Å²) >= 11 is 0. The molecular weight excluding hydrogens is 420 g/mol. The number of urea groups is 1. The van der Waals surface area contributed by atoms with Crippen LogP contribution in [-0.2, 0) is 9.53 Å². The lowest BCUT2D eigenvalue weighted by Crippen LogP contribution is -2.51. The summed E-state index contributed by atoms with van der Waals surface area (Å²) in [5.41, 5.74) is 4.24. The lowest BCUT2D eigenvalue weighted by molar-refractivity contribution is -0.136. The van der Waals surface area contributed by atoms with Crippen molar-refractivity contribution in [1.29, 1.82) is 0 Å². The highest BCUT2D eigenvalue weighted by Gasteiger charge is 2.34. The number of ether oxygens (including phenoxy) is 2. The molecule has 33 heavy (non-hydrogen) atoms. The molecule has 2 heterocycles. The predicted octanol–water partition coefficient (Wildman–Crippen LogP) is 2.61. The van der Waals surface area contributed by atoms with Crippen molar-refractivity contribution < 1.29 is 19.1 Å². The van der Waals surface area contributed by atoms with Gasteiger partial charge in [0.05, 0.1) is 25.8 Å². The van der Waals surface area contributed by atoms with Crippen LogP contribution in [0.25, 0.3) is 0 Å². The predicted molar refractivity (Wildman–Crippen MR) is 126 cm³/mol. The van der Waals surface area contributed by atoms with Crippen LogP contribution in [0, 0.1) is 6.92 Å². The van der Waals surface area contributed by atoms with Crippen LogP contribution in [-0.4, -0.2) is 63.8 Å². The van der Waals surface area contributed by atoms with Crippen LogP contribution in [0.1, 0.15) is 17.2 Å². The molecule has 0 saturated carbocycles.